The molecule has 0 saturated heterocycles. The second-order valence-corrected chi connectivity index (χ2v) is 7.34. The lowest BCUT2D eigenvalue weighted by Gasteiger charge is -2.15. The molecule has 2 amide bonds. The summed E-state index contributed by atoms with van der Waals surface area (Å²) in [5, 5.41) is 5.67. The van der Waals surface area contributed by atoms with Crippen molar-refractivity contribution in [2.75, 3.05) is 11.9 Å². The number of benzene rings is 1. The van der Waals surface area contributed by atoms with Crippen LogP contribution in [0.2, 0.25) is 0 Å². The van der Waals surface area contributed by atoms with Crippen molar-refractivity contribution in [2.24, 2.45) is 0 Å². The maximum absolute atomic E-state index is 12.6. The third kappa shape index (κ3) is 4.85. The van der Waals surface area contributed by atoms with Crippen LogP contribution in [0.25, 0.3) is 0 Å². The normalized spacial score (nSPS) is 13.9. The number of carbonyl (C=O) groups excluding carboxylic acids is 3. The summed E-state index contributed by atoms with van der Waals surface area (Å²) in [6.45, 7) is 4.75. The van der Waals surface area contributed by atoms with Gasteiger partial charge in [0, 0.05) is 11.6 Å². The van der Waals surface area contributed by atoms with Crippen LogP contribution in [0.15, 0.2) is 28.7 Å². The van der Waals surface area contributed by atoms with E-state index in [1.54, 1.807) is 45.0 Å². The van der Waals surface area contributed by atoms with Gasteiger partial charge in [0.15, 0.2) is 6.61 Å². The zero-order valence-corrected chi connectivity index (χ0v) is 17.0. The van der Waals surface area contributed by atoms with Gasteiger partial charge in [-0.1, -0.05) is 25.0 Å². The molecule has 3 rings (SSSR count). The lowest BCUT2D eigenvalue weighted by atomic mass is 10.1. The lowest BCUT2D eigenvalue weighted by molar-refractivity contribution is -0.119. The Hall–Kier alpha value is -3.09. The molecule has 1 heterocycles. The average molecular weight is 398 g/mol. The predicted molar refractivity (Wildman–Crippen MR) is 108 cm³/mol. The molecule has 1 aromatic heterocycles. The molecular weight excluding hydrogens is 372 g/mol. The molecule has 0 bridgehead atoms. The highest BCUT2D eigenvalue weighted by Gasteiger charge is 2.22. The summed E-state index contributed by atoms with van der Waals surface area (Å²) in [6, 6.07) is 6.96. The molecule has 154 valence electrons. The second kappa shape index (κ2) is 8.94. The Bertz CT molecular complexity index is 925. The first kappa shape index (κ1) is 20.6. The van der Waals surface area contributed by atoms with Crippen molar-refractivity contribution in [1.29, 1.82) is 0 Å². The molecule has 0 aliphatic heterocycles. The molecule has 1 fully saturated rings. The van der Waals surface area contributed by atoms with E-state index in [-0.39, 0.29) is 11.9 Å². The van der Waals surface area contributed by atoms with E-state index in [1.165, 1.54) is 0 Å². The van der Waals surface area contributed by atoms with E-state index >= 15 is 0 Å². The number of nitrogens with one attached hydrogen (secondary N) is 2. The van der Waals surface area contributed by atoms with Gasteiger partial charge in [0.25, 0.3) is 11.8 Å². The van der Waals surface area contributed by atoms with Crippen molar-refractivity contribution in [3.63, 3.8) is 0 Å². The lowest BCUT2D eigenvalue weighted by Crippen LogP contribution is -2.33. The number of hydrogen-bond donors (Lipinski definition) is 2. The first-order chi connectivity index (χ1) is 13.9. The highest BCUT2D eigenvalue weighted by molar-refractivity contribution is 6.04. The van der Waals surface area contributed by atoms with Crippen molar-refractivity contribution >= 4 is 23.5 Å². The van der Waals surface area contributed by atoms with Crippen LogP contribution >= 0.6 is 0 Å². The zero-order chi connectivity index (χ0) is 21.0. The predicted octanol–water partition coefficient (Wildman–Crippen LogP) is 3.67. The van der Waals surface area contributed by atoms with Gasteiger partial charge in [-0.05, 0) is 45.7 Å². The van der Waals surface area contributed by atoms with Crippen LogP contribution in [-0.2, 0) is 9.53 Å². The Morgan fingerprint density at radius 3 is 2.41 bits per heavy atom. The van der Waals surface area contributed by atoms with Crippen LogP contribution in [0, 0.1) is 20.8 Å². The number of hydrogen-bond acceptors (Lipinski definition) is 5. The summed E-state index contributed by atoms with van der Waals surface area (Å²) in [5.41, 5.74) is 1.81. The second-order valence-electron chi connectivity index (χ2n) is 7.34. The zero-order valence-electron chi connectivity index (χ0n) is 17.0. The molecule has 0 atom stereocenters. The van der Waals surface area contributed by atoms with Crippen molar-refractivity contribution in [3.05, 3.63) is 52.5 Å². The van der Waals surface area contributed by atoms with Crippen LogP contribution in [0.5, 0.6) is 0 Å². The van der Waals surface area contributed by atoms with Crippen molar-refractivity contribution < 1.29 is 23.5 Å². The summed E-state index contributed by atoms with van der Waals surface area (Å²) in [7, 11) is 0. The van der Waals surface area contributed by atoms with Gasteiger partial charge in [0.1, 0.15) is 17.1 Å². The fourth-order valence-corrected chi connectivity index (χ4v) is 3.61. The Labute approximate surface area is 169 Å². The quantitative estimate of drug-likeness (QED) is 0.724. The molecule has 2 aromatic rings. The van der Waals surface area contributed by atoms with Gasteiger partial charge in [0.2, 0.25) is 0 Å². The van der Waals surface area contributed by atoms with Gasteiger partial charge in [0.05, 0.1) is 11.3 Å². The van der Waals surface area contributed by atoms with E-state index in [0.717, 1.165) is 25.7 Å². The first-order valence-corrected chi connectivity index (χ1v) is 9.80. The molecule has 0 unspecified atom stereocenters. The Morgan fingerprint density at radius 1 is 1.07 bits per heavy atom. The van der Waals surface area contributed by atoms with Crippen LogP contribution in [0.1, 0.15) is 63.5 Å². The summed E-state index contributed by atoms with van der Waals surface area (Å²) in [5.74, 6) is -0.250. The highest BCUT2D eigenvalue weighted by Crippen LogP contribution is 2.22. The van der Waals surface area contributed by atoms with Crippen molar-refractivity contribution in [2.45, 2.75) is 52.5 Å². The smallest absolute Gasteiger partial charge is 0.342 e. The van der Waals surface area contributed by atoms with Crippen LogP contribution in [0.4, 0.5) is 5.69 Å². The first-order valence-electron chi connectivity index (χ1n) is 9.80. The van der Waals surface area contributed by atoms with Gasteiger partial charge in [-0.15, -0.1) is 0 Å². The molecule has 29 heavy (non-hydrogen) atoms. The van der Waals surface area contributed by atoms with E-state index in [2.05, 4.69) is 10.6 Å². The van der Waals surface area contributed by atoms with Gasteiger partial charge in [-0.3, -0.25) is 9.59 Å². The Kier molecular flexibility index (Phi) is 6.36. The molecule has 1 aromatic carbocycles. The number of para-hydroxylation sites is 1. The molecule has 0 radical (unpaired) electrons. The summed E-state index contributed by atoms with van der Waals surface area (Å²) < 4.78 is 10.6. The summed E-state index contributed by atoms with van der Waals surface area (Å²) in [6.07, 6.45) is 4.18. The minimum absolute atomic E-state index is 0.178. The maximum Gasteiger partial charge on any atom is 0.342 e. The molecular formula is C22H26N2O5. The molecule has 1 saturated carbocycles. The van der Waals surface area contributed by atoms with Crippen LogP contribution < -0.4 is 10.6 Å². The topological polar surface area (TPSA) is 97.6 Å². The molecule has 7 heteroatoms. The van der Waals surface area contributed by atoms with E-state index in [9.17, 15) is 14.4 Å². The number of aryl methyl sites for hydroxylation is 2. The largest absolute Gasteiger partial charge is 0.465 e. The van der Waals surface area contributed by atoms with E-state index in [4.69, 9.17) is 9.15 Å². The monoisotopic (exact) mass is 398 g/mol. The molecule has 1 aliphatic carbocycles. The maximum atomic E-state index is 12.6. The van der Waals surface area contributed by atoms with Gasteiger partial charge in [-0.2, -0.15) is 0 Å². The number of rotatable bonds is 6. The third-order valence-electron chi connectivity index (χ3n) is 5.24. The molecule has 2 N–H and O–H groups in total. The summed E-state index contributed by atoms with van der Waals surface area (Å²) in [4.78, 5) is 37.2. The van der Waals surface area contributed by atoms with Crippen LogP contribution in [0.3, 0.4) is 0 Å². The minimum Gasteiger partial charge on any atom is -0.465 e. The van der Waals surface area contributed by atoms with E-state index < -0.39 is 18.5 Å². The number of carbonyl (C=O) groups is 3. The number of anilines is 1. The standard InChI is InChI=1S/C22H26N2O5/c1-13-14(2)29-15(3)20(13)22(27)28-12-19(25)24-18-11-7-6-10-17(18)21(26)23-16-8-4-5-9-16/h6-7,10-11,16H,4-5,8-9,12H2,1-3H3,(H,23,26)(H,24,25). The fraction of sp³-hybridized carbons (Fsp3) is 0.409. The Balaban J connectivity index is 1.60. The van der Waals surface area contributed by atoms with Crippen molar-refractivity contribution in [3.8, 4) is 0 Å². The number of furan rings is 1. The fourth-order valence-electron chi connectivity index (χ4n) is 3.61. The average Bonchev–Trinajstić information content (AvgIpc) is 3.28. The number of esters is 1. The number of ether oxygens (including phenoxy) is 1. The van der Waals surface area contributed by atoms with Gasteiger partial charge < -0.3 is 19.8 Å². The summed E-state index contributed by atoms with van der Waals surface area (Å²) >= 11 is 0. The Morgan fingerprint density at radius 2 is 1.76 bits per heavy atom. The van der Waals surface area contributed by atoms with E-state index in [1.807, 2.05) is 0 Å². The molecule has 1 aliphatic rings. The van der Waals surface area contributed by atoms with Crippen molar-refractivity contribution in [1.82, 2.24) is 5.32 Å². The minimum atomic E-state index is -0.612. The van der Waals surface area contributed by atoms with Crippen LogP contribution in [-0.4, -0.2) is 30.4 Å². The van der Waals surface area contributed by atoms with E-state index in [0.29, 0.717) is 33.9 Å². The molecule has 7 nitrogen and oxygen atoms in total. The third-order valence-corrected chi connectivity index (χ3v) is 5.24. The van der Waals surface area contributed by atoms with Gasteiger partial charge in [-0.25, -0.2) is 4.79 Å². The number of amides is 2. The highest BCUT2D eigenvalue weighted by atomic mass is 16.5. The SMILES string of the molecule is Cc1oc(C)c(C(=O)OCC(=O)Nc2ccccc2C(=O)NC2CCCC2)c1C. The van der Waals surface area contributed by atoms with Gasteiger partial charge >= 0.3 is 5.97 Å². The molecule has 0 spiro atoms.